The zero-order valence-corrected chi connectivity index (χ0v) is 14.8. The lowest BCUT2D eigenvalue weighted by molar-refractivity contribution is 0.145. The molecule has 8 heteroatoms. The predicted octanol–water partition coefficient (Wildman–Crippen LogP) is 3.22. The molecule has 1 atom stereocenters. The molecule has 1 unspecified atom stereocenters. The molecule has 0 amide bonds. The van der Waals surface area contributed by atoms with Crippen molar-refractivity contribution in [1.29, 1.82) is 0 Å². The maximum Gasteiger partial charge on any atom is 0.252 e. The fourth-order valence-electron chi connectivity index (χ4n) is 2.71. The van der Waals surface area contributed by atoms with Crippen LogP contribution in [0, 0.1) is 5.82 Å². The quantitative estimate of drug-likeness (QED) is 0.828. The summed E-state index contributed by atoms with van der Waals surface area (Å²) in [5.74, 6) is -0.317. The Morgan fingerprint density at radius 2 is 1.96 bits per heavy atom. The largest absolute Gasteiger partial charge is 0.297 e. The smallest absolute Gasteiger partial charge is 0.252 e. The van der Waals surface area contributed by atoms with Crippen molar-refractivity contribution < 1.29 is 12.8 Å². The van der Waals surface area contributed by atoms with Crippen LogP contribution >= 0.6 is 22.9 Å². The van der Waals surface area contributed by atoms with Crippen molar-refractivity contribution in [2.24, 2.45) is 0 Å². The molecule has 1 aliphatic heterocycles. The Hall–Kier alpha value is -0.990. The molecule has 0 radical (unpaired) electrons. The SMILES string of the molecule is CN1CCN(S(=O)(=O)c2ccc(Cl)s2)CC1c1ccccc1F. The van der Waals surface area contributed by atoms with Crippen molar-refractivity contribution in [1.82, 2.24) is 9.21 Å². The van der Waals surface area contributed by atoms with E-state index in [-0.39, 0.29) is 22.6 Å². The lowest BCUT2D eigenvalue weighted by atomic mass is 10.0. The highest BCUT2D eigenvalue weighted by atomic mass is 35.5. The monoisotopic (exact) mass is 374 g/mol. The number of nitrogens with zero attached hydrogens (tertiary/aromatic N) is 2. The van der Waals surface area contributed by atoms with Gasteiger partial charge in [0.05, 0.1) is 10.4 Å². The summed E-state index contributed by atoms with van der Waals surface area (Å²) >= 11 is 6.89. The molecule has 1 aromatic carbocycles. The number of thiophene rings is 1. The lowest BCUT2D eigenvalue weighted by Gasteiger charge is -2.38. The number of hydrogen-bond acceptors (Lipinski definition) is 4. The molecule has 3 rings (SSSR count). The summed E-state index contributed by atoms with van der Waals surface area (Å²) in [4.78, 5) is 1.98. The molecule has 0 N–H and O–H groups in total. The lowest BCUT2D eigenvalue weighted by Crippen LogP contribution is -2.48. The van der Waals surface area contributed by atoms with Crippen LogP contribution < -0.4 is 0 Å². The number of rotatable bonds is 3. The molecule has 2 heterocycles. The van der Waals surface area contributed by atoms with Gasteiger partial charge in [0.15, 0.2) is 0 Å². The standard InChI is InChI=1S/C15H16ClFN2O2S2/c1-18-8-9-19(23(20,21)15-7-6-14(16)22-15)10-13(18)11-4-2-3-5-12(11)17/h2-7,13H,8-10H2,1H3. The van der Waals surface area contributed by atoms with Gasteiger partial charge in [-0.15, -0.1) is 11.3 Å². The summed E-state index contributed by atoms with van der Waals surface area (Å²) in [7, 11) is -1.72. The van der Waals surface area contributed by atoms with Gasteiger partial charge in [-0.2, -0.15) is 4.31 Å². The first-order valence-electron chi connectivity index (χ1n) is 7.10. The van der Waals surface area contributed by atoms with Crippen LogP contribution in [0.25, 0.3) is 0 Å². The first kappa shape index (κ1) is 16.9. The van der Waals surface area contributed by atoms with E-state index in [4.69, 9.17) is 11.6 Å². The number of likely N-dealkylation sites (N-methyl/N-ethyl adjacent to an activating group) is 1. The van der Waals surface area contributed by atoms with Gasteiger partial charge in [-0.3, -0.25) is 4.90 Å². The van der Waals surface area contributed by atoms with Crippen LogP contribution in [0.15, 0.2) is 40.6 Å². The number of halogens is 2. The molecule has 1 aromatic heterocycles. The van der Waals surface area contributed by atoms with Crippen LogP contribution in [0.3, 0.4) is 0 Å². The van der Waals surface area contributed by atoms with E-state index in [1.54, 1.807) is 24.3 Å². The summed E-state index contributed by atoms with van der Waals surface area (Å²) in [5, 5.41) is 0. The molecule has 0 bridgehead atoms. The Bertz CT molecular complexity index is 809. The van der Waals surface area contributed by atoms with Crippen molar-refractivity contribution in [2.75, 3.05) is 26.7 Å². The van der Waals surface area contributed by atoms with Gasteiger partial charge >= 0.3 is 0 Å². The van der Waals surface area contributed by atoms with Gasteiger partial charge in [-0.05, 0) is 25.2 Å². The fourth-order valence-corrected chi connectivity index (χ4v) is 5.79. The number of benzene rings is 1. The van der Waals surface area contributed by atoms with Crippen LogP contribution in [0.5, 0.6) is 0 Å². The third kappa shape index (κ3) is 3.29. The van der Waals surface area contributed by atoms with Gasteiger partial charge in [0.2, 0.25) is 0 Å². The highest BCUT2D eigenvalue weighted by Gasteiger charge is 2.35. The first-order chi connectivity index (χ1) is 10.9. The second kappa shape index (κ2) is 6.49. The summed E-state index contributed by atoms with van der Waals surface area (Å²) in [5.41, 5.74) is 0.513. The molecule has 1 aliphatic rings. The molecule has 1 saturated heterocycles. The van der Waals surface area contributed by atoms with Gasteiger partial charge in [-0.25, -0.2) is 12.8 Å². The maximum absolute atomic E-state index is 14.1. The molecule has 0 aliphatic carbocycles. The highest BCUT2D eigenvalue weighted by molar-refractivity contribution is 7.91. The molecule has 2 aromatic rings. The zero-order valence-electron chi connectivity index (χ0n) is 12.4. The van der Waals surface area contributed by atoms with E-state index in [2.05, 4.69) is 0 Å². The van der Waals surface area contributed by atoms with Gasteiger partial charge in [0.25, 0.3) is 10.0 Å². The Labute approximate surface area is 144 Å². The van der Waals surface area contributed by atoms with Crippen LogP contribution in [0.1, 0.15) is 11.6 Å². The van der Waals surface area contributed by atoms with Gasteiger partial charge in [0.1, 0.15) is 10.0 Å². The normalized spacial score (nSPS) is 20.7. The van der Waals surface area contributed by atoms with Crippen LogP contribution in [0.4, 0.5) is 4.39 Å². The zero-order chi connectivity index (χ0) is 16.6. The predicted molar refractivity (Wildman–Crippen MR) is 89.9 cm³/mol. The van der Waals surface area contributed by atoms with Crippen molar-refractivity contribution in [3.05, 3.63) is 52.1 Å². The summed E-state index contributed by atoms with van der Waals surface area (Å²) in [6.45, 7) is 1.13. The van der Waals surface area contributed by atoms with Crippen LogP contribution in [-0.4, -0.2) is 44.3 Å². The average molecular weight is 375 g/mol. The number of sulfonamides is 1. The van der Waals surface area contributed by atoms with Gasteiger partial charge < -0.3 is 0 Å². The Morgan fingerprint density at radius 1 is 1.22 bits per heavy atom. The Kier molecular flexibility index (Phi) is 4.75. The molecule has 0 saturated carbocycles. The van der Waals surface area contributed by atoms with E-state index in [1.165, 1.54) is 16.4 Å². The minimum absolute atomic E-state index is 0.218. The summed E-state index contributed by atoms with van der Waals surface area (Å²) in [6, 6.07) is 9.27. The number of hydrogen-bond donors (Lipinski definition) is 0. The summed E-state index contributed by atoms with van der Waals surface area (Å²) < 4.78 is 41.6. The van der Waals surface area contributed by atoms with Gasteiger partial charge in [-0.1, -0.05) is 29.8 Å². The highest BCUT2D eigenvalue weighted by Crippen LogP contribution is 2.32. The van der Waals surface area contributed by atoms with Crippen LogP contribution in [0.2, 0.25) is 4.34 Å². The minimum Gasteiger partial charge on any atom is -0.297 e. The molecule has 23 heavy (non-hydrogen) atoms. The average Bonchev–Trinajstić information content (AvgIpc) is 2.96. The first-order valence-corrected chi connectivity index (χ1v) is 9.73. The van der Waals surface area contributed by atoms with Crippen molar-refractivity contribution in [3.63, 3.8) is 0 Å². The van der Waals surface area contributed by atoms with Crippen molar-refractivity contribution >= 4 is 33.0 Å². The number of piperazine rings is 1. The van der Waals surface area contributed by atoms with Crippen LogP contribution in [-0.2, 0) is 10.0 Å². The second-order valence-corrected chi connectivity index (χ2v) is 9.32. The third-order valence-electron chi connectivity index (χ3n) is 4.02. The Balaban J connectivity index is 1.90. The Morgan fingerprint density at radius 3 is 2.61 bits per heavy atom. The molecular weight excluding hydrogens is 359 g/mol. The molecule has 0 spiro atoms. The van der Waals surface area contributed by atoms with Crippen molar-refractivity contribution in [2.45, 2.75) is 10.3 Å². The van der Waals surface area contributed by atoms with E-state index >= 15 is 0 Å². The molecule has 4 nitrogen and oxygen atoms in total. The molecule has 1 fully saturated rings. The van der Waals surface area contributed by atoms with E-state index in [0.29, 0.717) is 23.0 Å². The van der Waals surface area contributed by atoms with Crippen molar-refractivity contribution in [3.8, 4) is 0 Å². The van der Waals surface area contributed by atoms with E-state index in [0.717, 1.165) is 11.3 Å². The van der Waals surface area contributed by atoms with E-state index < -0.39 is 10.0 Å². The van der Waals surface area contributed by atoms with Gasteiger partial charge in [0, 0.05) is 25.2 Å². The topological polar surface area (TPSA) is 40.6 Å². The maximum atomic E-state index is 14.1. The fraction of sp³-hybridized carbons (Fsp3) is 0.333. The second-order valence-electron chi connectivity index (χ2n) is 5.44. The minimum atomic E-state index is -3.60. The molecular formula is C15H16ClFN2O2S2. The third-order valence-corrected chi connectivity index (χ3v) is 7.58. The van der Waals surface area contributed by atoms with E-state index in [1.807, 2.05) is 11.9 Å². The summed E-state index contributed by atoms with van der Waals surface area (Å²) in [6.07, 6.45) is 0. The van der Waals surface area contributed by atoms with E-state index in [9.17, 15) is 12.8 Å². The molecule has 124 valence electrons.